The molecule has 92 valence electrons. The molecule has 0 aliphatic carbocycles. The summed E-state index contributed by atoms with van der Waals surface area (Å²) in [7, 11) is 0. The lowest BCUT2D eigenvalue weighted by atomic mass is 9.88. The predicted octanol–water partition coefficient (Wildman–Crippen LogP) is 2.77. The van der Waals surface area contributed by atoms with Gasteiger partial charge in [-0.05, 0) is 44.2 Å². The lowest BCUT2D eigenvalue weighted by Crippen LogP contribution is -2.46. The average Bonchev–Trinajstić information content (AvgIpc) is 2.66. The Balaban J connectivity index is 3.00. The molecule has 16 heavy (non-hydrogen) atoms. The molecule has 2 atom stereocenters. The molecule has 0 fully saturated rings. The van der Waals surface area contributed by atoms with Gasteiger partial charge < -0.3 is 4.74 Å². The van der Waals surface area contributed by atoms with Gasteiger partial charge in [0.2, 0.25) is 0 Å². The first-order valence-corrected chi connectivity index (χ1v) is 6.61. The van der Waals surface area contributed by atoms with Gasteiger partial charge in [0.15, 0.2) is 0 Å². The Bertz CT molecular complexity index is 327. The zero-order chi connectivity index (χ0) is 12.2. The molecular weight excluding hydrogens is 220 g/mol. The molecule has 4 heteroatoms. The van der Waals surface area contributed by atoms with Gasteiger partial charge in [0.1, 0.15) is 0 Å². The van der Waals surface area contributed by atoms with E-state index >= 15 is 0 Å². The summed E-state index contributed by atoms with van der Waals surface area (Å²) in [5.41, 5.74) is 3.89. The Kier molecular flexibility index (Phi) is 4.92. The van der Waals surface area contributed by atoms with Gasteiger partial charge in [-0.1, -0.05) is 6.92 Å². The highest BCUT2D eigenvalue weighted by atomic mass is 32.1. The minimum Gasteiger partial charge on any atom is -0.374 e. The van der Waals surface area contributed by atoms with E-state index in [1.165, 1.54) is 10.4 Å². The van der Waals surface area contributed by atoms with Crippen molar-refractivity contribution >= 4 is 11.3 Å². The normalized spacial score (nSPS) is 17.1. The van der Waals surface area contributed by atoms with Crippen LogP contribution in [-0.2, 0) is 4.74 Å². The molecule has 0 saturated carbocycles. The molecule has 0 bridgehead atoms. The SMILES string of the molecule is CCOC(C)(CC)C(NN)c1ccsc1C. The fourth-order valence-corrected chi connectivity index (χ4v) is 2.75. The topological polar surface area (TPSA) is 47.3 Å². The number of thiophene rings is 1. The molecule has 0 radical (unpaired) electrons. The van der Waals surface area contributed by atoms with Gasteiger partial charge in [0.05, 0.1) is 11.6 Å². The van der Waals surface area contributed by atoms with E-state index in [1.807, 2.05) is 6.92 Å². The van der Waals surface area contributed by atoms with Crippen LogP contribution in [0.1, 0.15) is 43.7 Å². The molecule has 0 aliphatic heterocycles. The van der Waals surface area contributed by atoms with Gasteiger partial charge in [-0.15, -0.1) is 11.3 Å². The van der Waals surface area contributed by atoms with Crippen molar-refractivity contribution in [2.45, 2.75) is 45.8 Å². The van der Waals surface area contributed by atoms with Gasteiger partial charge in [-0.3, -0.25) is 11.3 Å². The highest BCUT2D eigenvalue weighted by Crippen LogP contribution is 2.34. The molecule has 2 unspecified atom stereocenters. The first-order chi connectivity index (χ1) is 7.59. The van der Waals surface area contributed by atoms with Crippen LogP contribution in [0.4, 0.5) is 0 Å². The van der Waals surface area contributed by atoms with Crippen molar-refractivity contribution in [3.63, 3.8) is 0 Å². The number of hydrogen-bond donors (Lipinski definition) is 2. The number of nitrogens with two attached hydrogens (primary N) is 1. The van der Waals surface area contributed by atoms with Gasteiger partial charge in [-0.25, -0.2) is 0 Å². The van der Waals surface area contributed by atoms with Gasteiger partial charge >= 0.3 is 0 Å². The molecule has 0 saturated heterocycles. The fraction of sp³-hybridized carbons (Fsp3) is 0.667. The van der Waals surface area contributed by atoms with Crippen LogP contribution in [0.2, 0.25) is 0 Å². The van der Waals surface area contributed by atoms with E-state index < -0.39 is 0 Å². The summed E-state index contributed by atoms with van der Waals surface area (Å²) in [5, 5.41) is 2.09. The van der Waals surface area contributed by atoms with E-state index in [9.17, 15) is 0 Å². The third kappa shape index (κ3) is 2.63. The highest BCUT2D eigenvalue weighted by molar-refractivity contribution is 7.10. The van der Waals surface area contributed by atoms with E-state index in [4.69, 9.17) is 10.6 Å². The van der Waals surface area contributed by atoms with Crippen LogP contribution in [0.3, 0.4) is 0 Å². The number of hydrazine groups is 1. The lowest BCUT2D eigenvalue weighted by Gasteiger charge is -2.36. The molecule has 1 heterocycles. The number of nitrogens with one attached hydrogen (secondary N) is 1. The molecule has 0 spiro atoms. The molecule has 0 amide bonds. The molecule has 3 nitrogen and oxygen atoms in total. The Morgan fingerprint density at radius 1 is 1.56 bits per heavy atom. The van der Waals surface area contributed by atoms with Crippen LogP contribution in [0.25, 0.3) is 0 Å². The van der Waals surface area contributed by atoms with Crippen molar-refractivity contribution in [3.8, 4) is 0 Å². The van der Waals surface area contributed by atoms with Crippen LogP contribution < -0.4 is 11.3 Å². The summed E-state index contributed by atoms with van der Waals surface area (Å²) < 4.78 is 5.87. The van der Waals surface area contributed by atoms with Gasteiger partial charge in [-0.2, -0.15) is 0 Å². The van der Waals surface area contributed by atoms with Crippen LogP contribution >= 0.6 is 11.3 Å². The monoisotopic (exact) mass is 242 g/mol. The minimum absolute atomic E-state index is 0.0451. The zero-order valence-electron chi connectivity index (χ0n) is 10.5. The molecule has 0 aromatic carbocycles. The summed E-state index contributed by atoms with van der Waals surface area (Å²) in [4.78, 5) is 1.29. The number of ether oxygens (including phenoxy) is 1. The molecule has 1 aromatic rings. The summed E-state index contributed by atoms with van der Waals surface area (Å²) in [6.45, 7) is 9.07. The number of hydrogen-bond acceptors (Lipinski definition) is 4. The maximum absolute atomic E-state index is 5.87. The molecular formula is C12H22N2OS. The van der Waals surface area contributed by atoms with E-state index in [0.29, 0.717) is 6.61 Å². The largest absolute Gasteiger partial charge is 0.374 e. The summed E-state index contributed by atoms with van der Waals surface area (Å²) in [6, 6.07) is 2.17. The first kappa shape index (κ1) is 13.6. The summed E-state index contributed by atoms with van der Waals surface area (Å²) in [6.07, 6.45) is 0.922. The van der Waals surface area contributed by atoms with E-state index in [1.54, 1.807) is 11.3 Å². The first-order valence-electron chi connectivity index (χ1n) is 5.73. The summed E-state index contributed by atoms with van der Waals surface area (Å²) in [5.74, 6) is 5.70. The smallest absolute Gasteiger partial charge is 0.0858 e. The second-order valence-electron chi connectivity index (χ2n) is 4.13. The maximum Gasteiger partial charge on any atom is 0.0858 e. The highest BCUT2D eigenvalue weighted by Gasteiger charge is 2.34. The van der Waals surface area contributed by atoms with Crippen molar-refractivity contribution in [1.29, 1.82) is 0 Å². The standard InChI is InChI=1S/C12H22N2OS/c1-5-12(4,15-6-2)11(14-13)10-7-8-16-9(10)3/h7-8,11,14H,5-6,13H2,1-4H3. The maximum atomic E-state index is 5.87. The van der Waals surface area contributed by atoms with Crippen LogP contribution in [0.5, 0.6) is 0 Å². The third-order valence-electron chi connectivity index (χ3n) is 3.16. The Labute approximate surface area is 102 Å². The van der Waals surface area contributed by atoms with Crippen molar-refractivity contribution in [1.82, 2.24) is 5.43 Å². The van der Waals surface area contributed by atoms with Crippen LogP contribution in [0.15, 0.2) is 11.4 Å². The molecule has 3 N–H and O–H groups in total. The van der Waals surface area contributed by atoms with Crippen molar-refractivity contribution in [2.24, 2.45) is 5.84 Å². The van der Waals surface area contributed by atoms with Gasteiger partial charge in [0.25, 0.3) is 0 Å². The van der Waals surface area contributed by atoms with Gasteiger partial charge in [0, 0.05) is 11.5 Å². The second-order valence-corrected chi connectivity index (χ2v) is 5.25. The lowest BCUT2D eigenvalue weighted by molar-refractivity contribution is -0.0564. The Morgan fingerprint density at radius 2 is 2.25 bits per heavy atom. The Morgan fingerprint density at radius 3 is 2.62 bits per heavy atom. The molecule has 1 rings (SSSR count). The third-order valence-corrected chi connectivity index (χ3v) is 4.02. The minimum atomic E-state index is -0.255. The number of aryl methyl sites for hydroxylation is 1. The van der Waals surface area contributed by atoms with Crippen LogP contribution in [0, 0.1) is 6.92 Å². The zero-order valence-corrected chi connectivity index (χ0v) is 11.4. The van der Waals surface area contributed by atoms with E-state index in [2.05, 4.69) is 37.6 Å². The predicted molar refractivity (Wildman–Crippen MR) is 69.4 cm³/mol. The Hall–Kier alpha value is -0.420. The van der Waals surface area contributed by atoms with E-state index in [-0.39, 0.29) is 11.6 Å². The van der Waals surface area contributed by atoms with E-state index in [0.717, 1.165) is 6.42 Å². The fourth-order valence-electron chi connectivity index (χ4n) is 2.01. The molecule has 0 aliphatic rings. The summed E-state index contributed by atoms with van der Waals surface area (Å²) >= 11 is 1.74. The van der Waals surface area contributed by atoms with Crippen LogP contribution in [-0.4, -0.2) is 12.2 Å². The van der Waals surface area contributed by atoms with Crippen molar-refractivity contribution in [3.05, 3.63) is 21.9 Å². The molecule has 1 aromatic heterocycles. The quantitative estimate of drug-likeness (QED) is 0.595. The number of rotatable bonds is 6. The second kappa shape index (κ2) is 5.77. The van der Waals surface area contributed by atoms with Crippen molar-refractivity contribution in [2.75, 3.05) is 6.61 Å². The average molecular weight is 242 g/mol. The van der Waals surface area contributed by atoms with Crippen molar-refractivity contribution < 1.29 is 4.74 Å².